The van der Waals surface area contributed by atoms with E-state index in [9.17, 15) is 4.79 Å². The number of anilines is 1. The van der Waals surface area contributed by atoms with Crippen molar-refractivity contribution in [3.05, 3.63) is 29.7 Å². The highest BCUT2D eigenvalue weighted by atomic mass is 16.7. The Hall–Kier alpha value is -2.57. The topological polar surface area (TPSA) is 86.5 Å². The van der Waals surface area contributed by atoms with E-state index in [-0.39, 0.29) is 18.7 Å². The van der Waals surface area contributed by atoms with Crippen molar-refractivity contribution in [1.82, 2.24) is 10.2 Å². The maximum atomic E-state index is 11.2. The van der Waals surface area contributed by atoms with Gasteiger partial charge in [0.15, 0.2) is 11.5 Å². The number of aromatic nitrogens is 2. The molecule has 3 rings (SSSR count). The summed E-state index contributed by atoms with van der Waals surface area (Å²) in [6, 6.07) is 5.74. The molecule has 0 bridgehead atoms. The lowest BCUT2D eigenvalue weighted by molar-refractivity contribution is -0.116. The van der Waals surface area contributed by atoms with E-state index in [1.807, 2.05) is 18.2 Å². The fraction of sp³-hybridized carbons (Fsp3) is 0.308. The minimum absolute atomic E-state index is 0.118. The van der Waals surface area contributed by atoms with Crippen LogP contribution in [0.15, 0.2) is 22.6 Å². The third-order valence-electron chi connectivity index (χ3n) is 2.83. The van der Waals surface area contributed by atoms with Gasteiger partial charge in [-0.2, -0.15) is 0 Å². The minimum atomic E-state index is -0.164. The third-order valence-corrected chi connectivity index (χ3v) is 2.83. The second kappa shape index (κ2) is 5.20. The molecule has 7 heteroatoms. The van der Waals surface area contributed by atoms with E-state index < -0.39 is 0 Å². The van der Waals surface area contributed by atoms with Gasteiger partial charge in [0.25, 0.3) is 0 Å². The molecule has 0 saturated heterocycles. The molecule has 0 atom stereocenters. The van der Waals surface area contributed by atoms with Gasteiger partial charge in [0.05, 0.1) is 6.42 Å². The molecule has 1 aliphatic rings. The average Bonchev–Trinajstić information content (AvgIpc) is 3.07. The first-order valence-electron chi connectivity index (χ1n) is 6.25. The Morgan fingerprint density at radius 1 is 1.30 bits per heavy atom. The largest absolute Gasteiger partial charge is 0.454 e. The van der Waals surface area contributed by atoms with E-state index in [2.05, 4.69) is 15.5 Å². The molecule has 1 aromatic heterocycles. The summed E-state index contributed by atoms with van der Waals surface area (Å²) in [5.41, 5.74) is 0.964. The van der Waals surface area contributed by atoms with Crippen LogP contribution >= 0.6 is 0 Å². The molecule has 0 radical (unpaired) electrons. The Morgan fingerprint density at radius 3 is 3.00 bits per heavy atom. The summed E-state index contributed by atoms with van der Waals surface area (Å²) < 4.78 is 15.9. The molecule has 2 heterocycles. The molecule has 0 spiro atoms. The summed E-state index contributed by atoms with van der Waals surface area (Å²) in [6.45, 7) is 1.99. The van der Waals surface area contributed by atoms with Gasteiger partial charge in [-0.05, 0) is 17.7 Å². The smallest absolute Gasteiger partial charge is 0.322 e. The van der Waals surface area contributed by atoms with Crippen LogP contribution in [-0.4, -0.2) is 22.9 Å². The van der Waals surface area contributed by atoms with Crippen LogP contribution in [0.4, 0.5) is 6.01 Å². The number of carbonyl (C=O) groups is 1. The van der Waals surface area contributed by atoms with Gasteiger partial charge in [-0.1, -0.05) is 18.1 Å². The summed E-state index contributed by atoms with van der Waals surface area (Å²) in [5.74, 6) is 1.70. The van der Waals surface area contributed by atoms with Gasteiger partial charge in [-0.3, -0.25) is 10.1 Å². The van der Waals surface area contributed by atoms with Crippen LogP contribution in [0, 0.1) is 0 Å². The van der Waals surface area contributed by atoms with Crippen LogP contribution in [0.3, 0.4) is 0 Å². The first-order valence-corrected chi connectivity index (χ1v) is 6.25. The monoisotopic (exact) mass is 275 g/mol. The Bertz CT molecular complexity index is 638. The van der Waals surface area contributed by atoms with Crippen LogP contribution < -0.4 is 14.8 Å². The molecule has 104 valence electrons. The van der Waals surface area contributed by atoms with Gasteiger partial charge in [0, 0.05) is 6.42 Å². The average molecular weight is 275 g/mol. The van der Waals surface area contributed by atoms with Crippen molar-refractivity contribution >= 4 is 11.9 Å². The lowest BCUT2D eigenvalue weighted by atomic mass is 10.1. The van der Waals surface area contributed by atoms with E-state index in [0.29, 0.717) is 24.5 Å². The second-order valence-electron chi connectivity index (χ2n) is 4.27. The first-order chi connectivity index (χ1) is 9.74. The lowest BCUT2D eigenvalue weighted by Crippen LogP contribution is -2.09. The quantitative estimate of drug-likeness (QED) is 0.914. The molecule has 1 aliphatic heterocycles. The van der Waals surface area contributed by atoms with Crippen molar-refractivity contribution in [2.24, 2.45) is 0 Å². The maximum Gasteiger partial charge on any atom is 0.322 e. The number of nitrogens with one attached hydrogen (secondary N) is 1. The fourth-order valence-corrected chi connectivity index (χ4v) is 1.81. The summed E-state index contributed by atoms with van der Waals surface area (Å²) in [6.07, 6.45) is 0.825. The zero-order valence-electron chi connectivity index (χ0n) is 10.9. The van der Waals surface area contributed by atoms with E-state index >= 15 is 0 Å². The molecular weight excluding hydrogens is 262 g/mol. The van der Waals surface area contributed by atoms with Gasteiger partial charge < -0.3 is 13.9 Å². The van der Waals surface area contributed by atoms with Gasteiger partial charge >= 0.3 is 6.01 Å². The number of nitrogens with zero attached hydrogens (tertiary/aromatic N) is 2. The van der Waals surface area contributed by atoms with Gasteiger partial charge in [-0.15, -0.1) is 5.10 Å². The molecule has 0 aliphatic carbocycles. The van der Waals surface area contributed by atoms with Gasteiger partial charge in [0.2, 0.25) is 18.6 Å². The highest BCUT2D eigenvalue weighted by molar-refractivity contribution is 5.88. The Morgan fingerprint density at radius 2 is 2.15 bits per heavy atom. The van der Waals surface area contributed by atoms with Crippen molar-refractivity contribution in [3.8, 4) is 11.5 Å². The summed E-state index contributed by atoms with van der Waals surface area (Å²) >= 11 is 0. The normalized spacial score (nSPS) is 12.4. The van der Waals surface area contributed by atoms with Crippen molar-refractivity contribution in [2.75, 3.05) is 12.1 Å². The second-order valence-corrected chi connectivity index (χ2v) is 4.27. The van der Waals surface area contributed by atoms with Crippen molar-refractivity contribution in [1.29, 1.82) is 0 Å². The fourth-order valence-electron chi connectivity index (χ4n) is 1.81. The number of carbonyl (C=O) groups excluding carboxylic acids is 1. The molecule has 0 fully saturated rings. The lowest BCUT2D eigenvalue weighted by Gasteiger charge is -2.00. The highest BCUT2D eigenvalue weighted by Crippen LogP contribution is 2.33. The summed E-state index contributed by atoms with van der Waals surface area (Å²) in [4.78, 5) is 11.2. The van der Waals surface area contributed by atoms with Crippen LogP contribution in [0.25, 0.3) is 0 Å². The van der Waals surface area contributed by atoms with Crippen molar-refractivity contribution in [2.45, 2.75) is 19.8 Å². The number of benzene rings is 1. The van der Waals surface area contributed by atoms with E-state index in [1.54, 1.807) is 6.92 Å². The SMILES string of the molecule is CCC(=O)Nc1nnc(Cc2ccc3c(c2)OCO3)o1. The number of amides is 1. The van der Waals surface area contributed by atoms with E-state index in [4.69, 9.17) is 13.9 Å². The van der Waals surface area contributed by atoms with E-state index in [0.717, 1.165) is 11.3 Å². The van der Waals surface area contributed by atoms with Crippen LogP contribution in [0.5, 0.6) is 11.5 Å². The standard InChI is InChI=1S/C13H13N3O4/c1-2-11(17)14-13-16-15-12(20-13)6-8-3-4-9-10(5-8)19-7-18-9/h3-5H,2,6-7H2,1H3,(H,14,16,17). The number of fused-ring (bicyclic) bond motifs is 1. The van der Waals surface area contributed by atoms with Crippen LogP contribution in [0.2, 0.25) is 0 Å². The molecule has 20 heavy (non-hydrogen) atoms. The number of hydrogen-bond acceptors (Lipinski definition) is 6. The van der Waals surface area contributed by atoms with Gasteiger partial charge in [0.1, 0.15) is 0 Å². The van der Waals surface area contributed by atoms with Crippen LogP contribution in [0.1, 0.15) is 24.8 Å². The predicted octanol–water partition coefficient (Wildman–Crippen LogP) is 1.74. The van der Waals surface area contributed by atoms with Gasteiger partial charge in [-0.25, -0.2) is 0 Å². The summed E-state index contributed by atoms with van der Waals surface area (Å²) in [7, 11) is 0. The minimum Gasteiger partial charge on any atom is -0.454 e. The molecule has 1 amide bonds. The predicted molar refractivity (Wildman–Crippen MR) is 68.6 cm³/mol. The summed E-state index contributed by atoms with van der Waals surface area (Å²) in [5, 5.41) is 10.2. The third kappa shape index (κ3) is 2.56. The first kappa shape index (κ1) is 12.5. The van der Waals surface area contributed by atoms with Crippen molar-refractivity contribution < 1.29 is 18.7 Å². The molecule has 1 aromatic carbocycles. The van der Waals surface area contributed by atoms with Crippen molar-refractivity contribution in [3.63, 3.8) is 0 Å². The molecular formula is C13H13N3O4. The zero-order valence-corrected chi connectivity index (χ0v) is 10.9. The number of rotatable bonds is 4. The Labute approximate surface area is 114 Å². The molecule has 0 unspecified atom stereocenters. The Balaban J connectivity index is 1.70. The van der Waals surface area contributed by atoms with E-state index in [1.165, 1.54) is 0 Å². The zero-order chi connectivity index (χ0) is 13.9. The number of ether oxygens (including phenoxy) is 2. The molecule has 1 N–H and O–H groups in total. The maximum absolute atomic E-state index is 11.2. The number of hydrogen-bond donors (Lipinski definition) is 1. The molecule has 2 aromatic rings. The van der Waals surface area contributed by atoms with Crippen LogP contribution in [-0.2, 0) is 11.2 Å². The highest BCUT2D eigenvalue weighted by Gasteiger charge is 2.15. The Kier molecular flexibility index (Phi) is 3.24. The molecule has 7 nitrogen and oxygen atoms in total. The molecule has 0 saturated carbocycles.